The van der Waals surface area contributed by atoms with E-state index in [1.54, 1.807) is 0 Å². The van der Waals surface area contributed by atoms with Crippen LogP contribution in [0.2, 0.25) is 0 Å². The molecule has 2 rings (SSSR count). The summed E-state index contributed by atoms with van der Waals surface area (Å²) in [7, 11) is 0. The van der Waals surface area contributed by atoms with Crippen molar-refractivity contribution >= 4 is 11.6 Å². The van der Waals surface area contributed by atoms with Gasteiger partial charge in [-0.05, 0) is 19.8 Å². The molecule has 0 aromatic carbocycles. The van der Waals surface area contributed by atoms with Crippen LogP contribution < -0.4 is 0 Å². The fourth-order valence-corrected chi connectivity index (χ4v) is 3.11. The van der Waals surface area contributed by atoms with Gasteiger partial charge in [-0.3, -0.25) is 4.79 Å². The van der Waals surface area contributed by atoms with Gasteiger partial charge in [0.25, 0.3) is 0 Å². The van der Waals surface area contributed by atoms with E-state index in [0.717, 1.165) is 31.4 Å². The third-order valence-electron chi connectivity index (χ3n) is 4.12. The van der Waals surface area contributed by atoms with E-state index < -0.39 is 5.72 Å². The third kappa shape index (κ3) is 2.30. The van der Waals surface area contributed by atoms with Crippen LogP contribution in [0.15, 0.2) is 5.10 Å². The first-order chi connectivity index (χ1) is 8.45. The van der Waals surface area contributed by atoms with E-state index >= 15 is 0 Å². The molecule has 0 bridgehead atoms. The van der Waals surface area contributed by atoms with Gasteiger partial charge in [0.05, 0.1) is 0 Å². The standard InChI is InChI=1S/C14H24N2O2/c1-10(2)13(17)16-14(18,9-11(3)15-16)12-7-5-4-6-8-12/h10,12,18H,4-9H2,1-3H3/t14-/m0/s1. The summed E-state index contributed by atoms with van der Waals surface area (Å²) in [4.78, 5) is 12.2. The van der Waals surface area contributed by atoms with E-state index in [9.17, 15) is 9.90 Å². The maximum atomic E-state index is 12.2. The summed E-state index contributed by atoms with van der Waals surface area (Å²) >= 11 is 0. The first-order valence-corrected chi connectivity index (χ1v) is 7.05. The van der Waals surface area contributed by atoms with Gasteiger partial charge in [0.1, 0.15) is 0 Å². The molecule has 0 unspecified atom stereocenters. The van der Waals surface area contributed by atoms with Crippen LogP contribution in [0.4, 0.5) is 0 Å². The zero-order valence-corrected chi connectivity index (χ0v) is 11.6. The Balaban J connectivity index is 2.21. The number of carbonyl (C=O) groups is 1. The summed E-state index contributed by atoms with van der Waals surface area (Å²) in [5, 5.41) is 16.6. The van der Waals surface area contributed by atoms with Crippen molar-refractivity contribution in [3.8, 4) is 0 Å². The zero-order valence-electron chi connectivity index (χ0n) is 11.6. The lowest BCUT2D eigenvalue weighted by Crippen LogP contribution is -2.53. The highest BCUT2D eigenvalue weighted by atomic mass is 16.3. The Hall–Kier alpha value is -0.900. The van der Waals surface area contributed by atoms with Gasteiger partial charge in [0.15, 0.2) is 5.72 Å². The van der Waals surface area contributed by atoms with E-state index in [2.05, 4.69) is 5.10 Å². The molecule has 4 nitrogen and oxygen atoms in total. The van der Waals surface area contributed by atoms with Gasteiger partial charge in [-0.15, -0.1) is 0 Å². The second-order valence-corrected chi connectivity index (χ2v) is 6.03. The first kappa shape index (κ1) is 13.5. The minimum atomic E-state index is -1.06. The third-order valence-corrected chi connectivity index (χ3v) is 4.12. The van der Waals surface area contributed by atoms with E-state index in [-0.39, 0.29) is 17.7 Å². The smallest absolute Gasteiger partial charge is 0.247 e. The number of aliphatic hydroxyl groups is 1. The van der Waals surface area contributed by atoms with Crippen LogP contribution in [-0.4, -0.2) is 27.5 Å². The monoisotopic (exact) mass is 252 g/mol. The minimum absolute atomic E-state index is 0.0695. The molecule has 2 aliphatic rings. The molecule has 18 heavy (non-hydrogen) atoms. The van der Waals surface area contributed by atoms with Crippen LogP contribution in [-0.2, 0) is 4.79 Å². The number of carbonyl (C=O) groups excluding carboxylic acids is 1. The molecule has 1 fully saturated rings. The van der Waals surface area contributed by atoms with Crippen LogP contribution in [0.3, 0.4) is 0 Å². The Kier molecular flexibility index (Phi) is 3.76. The Morgan fingerprint density at radius 2 is 2.00 bits per heavy atom. The second-order valence-electron chi connectivity index (χ2n) is 6.03. The minimum Gasteiger partial charge on any atom is -0.368 e. The van der Waals surface area contributed by atoms with Gasteiger partial charge in [-0.25, -0.2) is 5.01 Å². The molecule has 1 saturated carbocycles. The average Bonchev–Trinajstić information content (AvgIpc) is 2.66. The average molecular weight is 252 g/mol. The molecule has 102 valence electrons. The fraction of sp³-hybridized carbons (Fsp3) is 0.857. The van der Waals surface area contributed by atoms with Crippen molar-refractivity contribution in [1.82, 2.24) is 5.01 Å². The van der Waals surface area contributed by atoms with Crippen molar-refractivity contribution in [3.05, 3.63) is 0 Å². The SMILES string of the molecule is CC1=NN(C(=O)C(C)C)[C@@](O)(C2CCCCC2)C1. The molecule has 1 heterocycles. The maximum absolute atomic E-state index is 12.2. The first-order valence-electron chi connectivity index (χ1n) is 7.05. The lowest BCUT2D eigenvalue weighted by molar-refractivity contribution is -0.174. The number of rotatable bonds is 2. The number of hydrogen-bond acceptors (Lipinski definition) is 3. The van der Waals surface area contributed by atoms with Crippen molar-refractivity contribution in [3.63, 3.8) is 0 Å². The normalized spacial score (nSPS) is 29.8. The second kappa shape index (κ2) is 5.00. The topological polar surface area (TPSA) is 52.9 Å². The van der Waals surface area contributed by atoms with Gasteiger partial charge in [-0.2, -0.15) is 5.10 Å². The highest BCUT2D eigenvalue weighted by Gasteiger charge is 2.49. The summed E-state index contributed by atoms with van der Waals surface area (Å²) in [5.74, 6) is -0.0233. The lowest BCUT2D eigenvalue weighted by Gasteiger charge is -2.40. The summed E-state index contributed by atoms with van der Waals surface area (Å²) in [6, 6.07) is 0. The predicted octanol–water partition coefficient (Wildman–Crippen LogP) is 2.52. The van der Waals surface area contributed by atoms with Crippen LogP contribution in [0.1, 0.15) is 59.3 Å². The van der Waals surface area contributed by atoms with Crippen LogP contribution in [0.25, 0.3) is 0 Å². The number of hydrogen-bond donors (Lipinski definition) is 1. The summed E-state index contributed by atoms with van der Waals surface area (Å²) in [6.07, 6.45) is 6.05. The van der Waals surface area contributed by atoms with Gasteiger partial charge in [0.2, 0.25) is 5.91 Å². The molecule has 1 N–H and O–H groups in total. The molecule has 0 aromatic heterocycles. The Bertz CT molecular complexity index is 359. The van der Waals surface area contributed by atoms with Gasteiger partial charge < -0.3 is 5.11 Å². The fourth-order valence-electron chi connectivity index (χ4n) is 3.11. The van der Waals surface area contributed by atoms with E-state index in [0.29, 0.717) is 6.42 Å². The van der Waals surface area contributed by atoms with Crippen molar-refractivity contribution in [2.24, 2.45) is 16.9 Å². The summed E-state index contributed by atoms with van der Waals surface area (Å²) in [5.41, 5.74) is -0.205. The molecule has 0 radical (unpaired) electrons. The summed E-state index contributed by atoms with van der Waals surface area (Å²) < 4.78 is 0. The Morgan fingerprint density at radius 1 is 1.39 bits per heavy atom. The number of amides is 1. The molecule has 1 amide bonds. The van der Waals surface area contributed by atoms with E-state index in [1.807, 2.05) is 20.8 Å². The number of nitrogens with zero attached hydrogens (tertiary/aromatic N) is 2. The highest BCUT2D eigenvalue weighted by molar-refractivity contribution is 5.89. The number of hydrazone groups is 1. The van der Waals surface area contributed by atoms with Crippen molar-refractivity contribution in [2.75, 3.05) is 0 Å². The molecule has 0 aromatic rings. The molecule has 1 aliphatic heterocycles. The van der Waals surface area contributed by atoms with Crippen molar-refractivity contribution < 1.29 is 9.90 Å². The van der Waals surface area contributed by atoms with Crippen LogP contribution in [0, 0.1) is 11.8 Å². The van der Waals surface area contributed by atoms with E-state index in [4.69, 9.17) is 0 Å². The zero-order chi connectivity index (χ0) is 13.3. The van der Waals surface area contributed by atoms with Gasteiger partial charge in [-0.1, -0.05) is 33.1 Å². The molecule has 1 aliphatic carbocycles. The summed E-state index contributed by atoms with van der Waals surface area (Å²) in [6.45, 7) is 5.60. The van der Waals surface area contributed by atoms with Crippen LogP contribution >= 0.6 is 0 Å². The van der Waals surface area contributed by atoms with Crippen molar-refractivity contribution in [2.45, 2.75) is 65.0 Å². The molecule has 0 saturated heterocycles. The Labute approximate surface area is 109 Å². The molecule has 0 spiro atoms. The largest absolute Gasteiger partial charge is 0.368 e. The lowest BCUT2D eigenvalue weighted by atomic mass is 9.79. The predicted molar refractivity (Wildman–Crippen MR) is 70.9 cm³/mol. The van der Waals surface area contributed by atoms with Crippen LogP contribution in [0.5, 0.6) is 0 Å². The maximum Gasteiger partial charge on any atom is 0.247 e. The van der Waals surface area contributed by atoms with E-state index in [1.165, 1.54) is 11.4 Å². The molecule has 1 atom stereocenters. The van der Waals surface area contributed by atoms with Gasteiger partial charge in [0, 0.05) is 24.0 Å². The molecule has 4 heteroatoms. The van der Waals surface area contributed by atoms with Crippen molar-refractivity contribution in [1.29, 1.82) is 0 Å². The van der Waals surface area contributed by atoms with Gasteiger partial charge >= 0.3 is 0 Å². The Morgan fingerprint density at radius 3 is 2.56 bits per heavy atom. The quantitative estimate of drug-likeness (QED) is 0.821. The highest BCUT2D eigenvalue weighted by Crippen LogP contribution is 2.40. The molecular formula is C14H24N2O2. The molecular weight excluding hydrogens is 228 g/mol.